The molecule has 22 heavy (non-hydrogen) atoms. The van der Waals surface area contributed by atoms with Crippen LogP contribution in [0.15, 0.2) is 17.1 Å². The molecule has 0 aromatic carbocycles. The Labute approximate surface area is 131 Å². The van der Waals surface area contributed by atoms with Crippen LogP contribution >= 0.6 is 0 Å². The summed E-state index contributed by atoms with van der Waals surface area (Å²) in [5.41, 5.74) is 0.607. The number of aromatic amines is 1. The summed E-state index contributed by atoms with van der Waals surface area (Å²) in [6.07, 6.45) is 10.6. The molecule has 0 radical (unpaired) electrons. The van der Waals surface area contributed by atoms with E-state index in [1.54, 1.807) is 6.20 Å². The molecule has 120 valence electrons. The number of aromatic nitrogens is 2. The molecular weight excluding hydrogens is 278 g/mol. The number of piperidine rings is 1. The normalized spacial score (nSPS) is 22.9. The Balaban J connectivity index is 1.55. The third-order valence-electron chi connectivity index (χ3n) is 5.15. The van der Waals surface area contributed by atoms with Gasteiger partial charge >= 0.3 is 5.69 Å². The maximum absolute atomic E-state index is 12.4. The first-order valence-electron chi connectivity index (χ1n) is 8.55. The molecular formula is C17H25N3O2. The molecule has 1 amide bonds. The van der Waals surface area contributed by atoms with Gasteiger partial charge in [0.1, 0.15) is 0 Å². The minimum Gasteiger partial charge on any atom is -0.342 e. The third-order valence-corrected chi connectivity index (χ3v) is 5.15. The van der Waals surface area contributed by atoms with Gasteiger partial charge in [-0.1, -0.05) is 25.7 Å². The van der Waals surface area contributed by atoms with Gasteiger partial charge < -0.3 is 9.88 Å². The Bertz CT molecular complexity index is 563. The summed E-state index contributed by atoms with van der Waals surface area (Å²) in [4.78, 5) is 32.3. The molecule has 1 saturated heterocycles. The number of H-pyrrole nitrogens is 1. The Morgan fingerprint density at radius 2 is 2.09 bits per heavy atom. The predicted molar refractivity (Wildman–Crippen MR) is 84.6 cm³/mol. The fourth-order valence-electron chi connectivity index (χ4n) is 3.86. The predicted octanol–water partition coefficient (Wildman–Crippen LogP) is 2.45. The molecule has 2 fully saturated rings. The number of hydrogen-bond donors (Lipinski definition) is 1. The highest BCUT2D eigenvalue weighted by Crippen LogP contribution is 2.30. The van der Waals surface area contributed by atoms with Crippen LogP contribution in [0.25, 0.3) is 0 Å². The summed E-state index contributed by atoms with van der Waals surface area (Å²) >= 11 is 0. The van der Waals surface area contributed by atoms with Gasteiger partial charge in [0.15, 0.2) is 0 Å². The van der Waals surface area contributed by atoms with Crippen LogP contribution in [-0.2, 0) is 4.79 Å². The van der Waals surface area contributed by atoms with Crippen molar-refractivity contribution in [2.75, 3.05) is 13.1 Å². The lowest BCUT2D eigenvalue weighted by molar-refractivity contribution is -0.132. The molecule has 1 aliphatic heterocycles. The number of nitrogens with zero attached hydrogens (tertiary/aromatic N) is 2. The molecule has 5 heteroatoms. The second-order valence-electron chi connectivity index (χ2n) is 6.70. The average molecular weight is 303 g/mol. The summed E-state index contributed by atoms with van der Waals surface area (Å²) in [5, 5.41) is 0. The van der Waals surface area contributed by atoms with Crippen molar-refractivity contribution in [3.8, 4) is 0 Å². The molecule has 5 nitrogen and oxygen atoms in total. The average Bonchev–Trinajstić information content (AvgIpc) is 3.06. The second-order valence-corrected chi connectivity index (χ2v) is 6.70. The summed E-state index contributed by atoms with van der Waals surface area (Å²) in [6.45, 7) is 1.58. The Morgan fingerprint density at radius 3 is 2.86 bits per heavy atom. The second kappa shape index (κ2) is 7.07. The third kappa shape index (κ3) is 3.76. The zero-order chi connectivity index (χ0) is 15.4. The number of hydrogen-bond acceptors (Lipinski definition) is 3. The van der Waals surface area contributed by atoms with Crippen LogP contribution in [0.1, 0.15) is 63.0 Å². The van der Waals surface area contributed by atoms with Crippen LogP contribution in [0.5, 0.6) is 0 Å². The maximum Gasteiger partial charge on any atom is 0.345 e. The van der Waals surface area contributed by atoms with Crippen LogP contribution in [0, 0.1) is 5.92 Å². The molecule has 1 aliphatic carbocycles. The van der Waals surface area contributed by atoms with Crippen molar-refractivity contribution in [3.63, 3.8) is 0 Å². The van der Waals surface area contributed by atoms with Gasteiger partial charge in [-0.2, -0.15) is 0 Å². The van der Waals surface area contributed by atoms with Crippen molar-refractivity contribution in [1.29, 1.82) is 0 Å². The Kier molecular flexibility index (Phi) is 4.90. The van der Waals surface area contributed by atoms with E-state index in [4.69, 9.17) is 0 Å². The maximum atomic E-state index is 12.4. The summed E-state index contributed by atoms with van der Waals surface area (Å²) in [6, 6.07) is 1.86. The minimum atomic E-state index is -0.304. The molecule has 0 unspecified atom stereocenters. The van der Waals surface area contributed by atoms with Gasteiger partial charge in [0.2, 0.25) is 5.91 Å². The lowest BCUT2D eigenvalue weighted by Gasteiger charge is -2.33. The van der Waals surface area contributed by atoms with Crippen molar-refractivity contribution in [1.82, 2.24) is 14.9 Å². The molecule has 1 N–H and O–H groups in total. The van der Waals surface area contributed by atoms with E-state index in [1.165, 1.54) is 25.7 Å². The molecule has 0 spiro atoms. The van der Waals surface area contributed by atoms with Crippen LogP contribution in [0.3, 0.4) is 0 Å². The van der Waals surface area contributed by atoms with Crippen molar-refractivity contribution < 1.29 is 4.79 Å². The highest BCUT2D eigenvalue weighted by molar-refractivity contribution is 5.76. The van der Waals surface area contributed by atoms with E-state index >= 15 is 0 Å². The lowest BCUT2D eigenvalue weighted by atomic mass is 9.94. The zero-order valence-electron chi connectivity index (χ0n) is 13.1. The molecule has 1 atom stereocenters. The van der Waals surface area contributed by atoms with E-state index < -0.39 is 0 Å². The molecule has 2 heterocycles. The lowest BCUT2D eigenvalue weighted by Crippen LogP contribution is -2.39. The molecule has 0 bridgehead atoms. The van der Waals surface area contributed by atoms with Gasteiger partial charge in [0.25, 0.3) is 0 Å². The first-order chi connectivity index (χ1) is 10.7. The molecule has 1 saturated carbocycles. The van der Waals surface area contributed by atoms with Gasteiger partial charge in [-0.25, -0.2) is 9.78 Å². The van der Waals surface area contributed by atoms with E-state index in [0.717, 1.165) is 44.0 Å². The van der Waals surface area contributed by atoms with Crippen LogP contribution in [0.4, 0.5) is 0 Å². The Hall–Kier alpha value is -1.65. The molecule has 1 aromatic rings. The van der Waals surface area contributed by atoms with Gasteiger partial charge in [-0.15, -0.1) is 0 Å². The number of rotatable bonds is 4. The number of carbonyl (C=O) groups is 1. The fourth-order valence-corrected chi connectivity index (χ4v) is 3.86. The zero-order valence-corrected chi connectivity index (χ0v) is 13.1. The van der Waals surface area contributed by atoms with E-state index in [2.05, 4.69) is 9.97 Å². The van der Waals surface area contributed by atoms with Crippen LogP contribution in [-0.4, -0.2) is 33.9 Å². The largest absolute Gasteiger partial charge is 0.345 e. The van der Waals surface area contributed by atoms with Crippen molar-refractivity contribution in [3.05, 3.63) is 28.4 Å². The minimum absolute atomic E-state index is 0.236. The fraction of sp³-hybridized carbons (Fsp3) is 0.706. The Morgan fingerprint density at radius 1 is 1.27 bits per heavy atom. The highest BCUT2D eigenvalue weighted by atomic mass is 16.2. The highest BCUT2D eigenvalue weighted by Gasteiger charge is 2.26. The number of nitrogens with one attached hydrogen (secondary N) is 1. The monoisotopic (exact) mass is 303 g/mol. The first-order valence-corrected chi connectivity index (χ1v) is 8.55. The smallest absolute Gasteiger partial charge is 0.342 e. The van der Waals surface area contributed by atoms with Crippen molar-refractivity contribution >= 4 is 5.91 Å². The SMILES string of the molecule is O=C(CCC1CCCC1)N1CCC[C@H](c2ccnc(=O)[nH]2)C1. The number of amides is 1. The van der Waals surface area contributed by atoms with Crippen LogP contribution < -0.4 is 5.69 Å². The number of carbonyl (C=O) groups excluding carboxylic acids is 1. The van der Waals surface area contributed by atoms with E-state index in [9.17, 15) is 9.59 Å². The standard InChI is InChI=1S/C17H25N3O2/c21-16(8-7-13-4-1-2-5-13)20-11-3-6-14(12-20)15-9-10-18-17(22)19-15/h9-10,13-14H,1-8,11-12H2,(H,18,19,22)/t14-/m0/s1. The summed E-state index contributed by atoms with van der Waals surface area (Å²) < 4.78 is 0. The summed E-state index contributed by atoms with van der Waals surface area (Å²) in [7, 11) is 0. The quantitative estimate of drug-likeness (QED) is 0.929. The van der Waals surface area contributed by atoms with Crippen molar-refractivity contribution in [2.24, 2.45) is 5.92 Å². The van der Waals surface area contributed by atoms with Crippen LogP contribution in [0.2, 0.25) is 0 Å². The first kappa shape index (κ1) is 15.3. The van der Waals surface area contributed by atoms with Gasteiger partial charge in [-0.3, -0.25) is 4.79 Å². The van der Waals surface area contributed by atoms with E-state index in [0.29, 0.717) is 6.42 Å². The summed E-state index contributed by atoms with van der Waals surface area (Å²) in [5.74, 6) is 1.29. The van der Waals surface area contributed by atoms with E-state index in [1.807, 2.05) is 11.0 Å². The topological polar surface area (TPSA) is 66.1 Å². The molecule has 3 rings (SSSR count). The van der Waals surface area contributed by atoms with E-state index in [-0.39, 0.29) is 17.5 Å². The molecule has 1 aromatic heterocycles. The van der Waals surface area contributed by atoms with Crippen molar-refractivity contribution in [2.45, 2.75) is 57.3 Å². The van der Waals surface area contributed by atoms with Gasteiger partial charge in [0.05, 0.1) is 0 Å². The van der Waals surface area contributed by atoms with Gasteiger partial charge in [0, 0.05) is 37.3 Å². The number of likely N-dealkylation sites (tertiary alicyclic amines) is 1. The molecule has 2 aliphatic rings. The van der Waals surface area contributed by atoms with Gasteiger partial charge in [-0.05, 0) is 31.2 Å².